The molecule has 0 aromatic heterocycles. The first-order chi connectivity index (χ1) is 9.61. The fourth-order valence-corrected chi connectivity index (χ4v) is 3.86. The van der Waals surface area contributed by atoms with Crippen LogP contribution in [0.4, 0.5) is 18.9 Å². The topological polar surface area (TPSA) is 64.4 Å². The third kappa shape index (κ3) is 2.47. The van der Waals surface area contributed by atoms with Gasteiger partial charge in [-0.15, -0.1) is 0 Å². The molecule has 21 heavy (non-hydrogen) atoms. The summed E-state index contributed by atoms with van der Waals surface area (Å²) >= 11 is 0.836. The number of halogens is 3. The highest BCUT2D eigenvalue weighted by Crippen LogP contribution is 2.52. The molecule has 1 aliphatic rings. The molecule has 3 nitrogen and oxygen atoms in total. The van der Waals surface area contributed by atoms with E-state index in [1.807, 2.05) is 0 Å². The van der Waals surface area contributed by atoms with Crippen LogP contribution in [0, 0.1) is 11.7 Å². The second kappa shape index (κ2) is 5.12. The molecule has 3 atom stereocenters. The number of aliphatic imine (C=N–C) groups is 1. The number of rotatable bonds is 2. The molecule has 1 aliphatic heterocycles. The van der Waals surface area contributed by atoms with E-state index in [-0.39, 0.29) is 10.7 Å². The Morgan fingerprint density at radius 1 is 1.29 bits per heavy atom. The number of alkyl halides is 2. The summed E-state index contributed by atoms with van der Waals surface area (Å²) in [6.07, 6.45) is -2.62. The van der Waals surface area contributed by atoms with Crippen LogP contribution in [0.3, 0.4) is 0 Å². The number of hydrogen-bond acceptors (Lipinski definition) is 4. The van der Waals surface area contributed by atoms with Crippen LogP contribution in [0.15, 0.2) is 23.2 Å². The molecular weight excluding hydrogens is 299 g/mol. The van der Waals surface area contributed by atoms with Gasteiger partial charge in [0.15, 0.2) is 5.17 Å². The molecule has 0 bridgehead atoms. The molecule has 1 heterocycles. The number of nitrogens with two attached hydrogens (primary N) is 2. The van der Waals surface area contributed by atoms with E-state index in [1.54, 1.807) is 13.8 Å². The largest absolute Gasteiger partial charge is 0.399 e. The van der Waals surface area contributed by atoms with Gasteiger partial charge in [-0.2, -0.15) is 0 Å². The van der Waals surface area contributed by atoms with Crippen LogP contribution in [0.2, 0.25) is 0 Å². The summed E-state index contributed by atoms with van der Waals surface area (Å²) in [5.41, 5.74) is 10.8. The van der Waals surface area contributed by atoms with Crippen LogP contribution in [0.5, 0.6) is 0 Å². The summed E-state index contributed by atoms with van der Waals surface area (Å²) in [6, 6.07) is 4.07. The lowest BCUT2D eigenvalue weighted by molar-refractivity contribution is 0.0573. The van der Waals surface area contributed by atoms with Crippen LogP contribution in [0.1, 0.15) is 26.3 Å². The van der Waals surface area contributed by atoms with E-state index in [0.717, 1.165) is 11.8 Å². The highest BCUT2D eigenvalue weighted by atomic mass is 32.2. The summed E-state index contributed by atoms with van der Waals surface area (Å²) in [5, 5.41) is 0.0280. The highest BCUT2D eigenvalue weighted by Gasteiger charge is 2.54. The lowest BCUT2D eigenvalue weighted by atomic mass is 9.74. The zero-order chi connectivity index (χ0) is 16.0. The number of benzene rings is 1. The number of anilines is 1. The zero-order valence-corrected chi connectivity index (χ0v) is 12.8. The van der Waals surface area contributed by atoms with E-state index >= 15 is 0 Å². The summed E-state index contributed by atoms with van der Waals surface area (Å²) in [7, 11) is 0. The number of nitrogen functional groups attached to an aromatic ring is 1. The predicted molar refractivity (Wildman–Crippen MR) is 81.0 cm³/mol. The molecule has 0 saturated heterocycles. The molecule has 1 aromatic carbocycles. The Balaban J connectivity index is 2.64. The molecule has 0 fully saturated rings. The zero-order valence-electron chi connectivity index (χ0n) is 12.0. The molecule has 1 aromatic rings. The maximum atomic E-state index is 14.2. The molecular formula is C14H18F3N3S. The maximum Gasteiger partial charge on any atom is 0.253 e. The van der Waals surface area contributed by atoms with Gasteiger partial charge in [-0.05, 0) is 32.0 Å². The predicted octanol–water partition coefficient (Wildman–Crippen LogP) is 3.34. The average molecular weight is 317 g/mol. The van der Waals surface area contributed by atoms with E-state index in [4.69, 9.17) is 11.5 Å². The fourth-order valence-electron chi connectivity index (χ4n) is 2.68. The molecule has 0 radical (unpaired) electrons. The monoisotopic (exact) mass is 317 g/mol. The van der Waals surface area contributed by atoms with E-state index in [0.29, 0.717) is 5.69 Å². The Bertz CT molecular complexity index is 593. The van der Waals surface area contributed by atoms with Crippen molar-refractivity contribution in [2.45, 2.75) is 37.5 Å². The van der Waals surface area contributed by atoms with Crippen molar-refractivity contribution in [1.29, 1.82) is 0 Å². The average Bonchev–Trinajstić information content (AvgIpc) is 2.38. The Hall–Kier alpha value is -1.37. The summed E-state index contributed by atoms with van der Waals surface area (Å²) in [6.45, 7) is 4.68. The van der Waals surface area contributed by atoms with Gasteiger partial charge < -0.3 is 11.5 Å². The fraction of sp³-hybridized carbons (Fsp3) is 0.500. The summed E-state index contributed by atoms with van der Waals surface area (Å²) < 4.78 is 39.8. The van der Waals surface area contributed by atoms with Crippen molar-refractivity contribution < 1.29 is 13.2 Å². The molecule has 0 aliphatic carbocycles. The van der Waals surface area contributed by atoms with Gasteiger partial charge in [0.2, 0.25) is 0 Å². The minimum atomic E-state index is -2.62. The molecule has 116 valence electrons. The van der Waals surface area contributed by atoms with Gasteiger partial charge in [-0.3, -0.25) is 4.99 Å². The lowest BCUT2D eigenvalue weighted by Gasteiger charge is -2.46. The van der Waals surface area contributed by atoms with Gasteiger partial charge in [-0.25, -0.2) is 13.2 Å². The summed E-state index contributed by atoms with van der Waals surface area (Å²) in [5.74, 6) is -1.17. The van der Waals surface area contributed by atoms with E-state index in [1.165, 1.54) is 25.1 Å². The van der Waals surface area contributed by atoms with Crippen LogP contribution >= 0.6 is 11.8 Å². The van der Waals surface area contributed by atoms with Crippen LogP contribution < -0.4 is 11.5 Å². The first-order valence-corrected chi connectivity index (χ1v) is 7.31. The number of hydrogen-bond donors (Lipinski definition) is 2. The van der Waals surface area contributed by atoms with Crippen LogP contribution in [-0.4, -0.2) is 16.3 Å². The third-order valence-electron chi connectivity index (χ3n) is 4.34. The van der Waals surface area contributed by atoms with Gasteiger partial charge >= 0.3 is 0 Å². The van der Waals surface area contributed by atoms with Crippen molar-refractivity contribution >= 4 is 22.6 Å². The summed E-state index contributed by atoms with van der Waals surface area (Å²) in [4.78, 5) is 4.27. The smallest absolute Gasteiger partial charge is 0.253 e. The lowest BCUT2D eigenvalue weighted by Crippen LogP contribution is -2.52. The first-order valence-electron chi connectivity index (χ1n) is 6.49. The van der Waals surface area contributed by atoms with Crippen molar-refractivity contribution in [2.24, 2.45) is 16.6 Å². The molecule has 4 N–H and O–H groups in total. The van der Waals surface area contributed by atoms with Gasteiger partial charge in [0, 0.05) is 17.2 Å². The Morgan fingerprint density at radius 2 is 1.90 bits per heavy atom. The molecule has 0 saturated carbocycles. The second-order valence-corrected chi connectivity index (χ2v) is 7.15. The van der Waals surface area contributed by atoms with Gasteiger partial charge in [0.25, 0.3) is 6.43 Å². The van der Waals surface area contributed by atoms with Crippen molar-refractivity contribution in [3.05, 3.63) is 29.6 Å². The van der Waals surface area contributed by atoms with Gasteiger partial charge in [0.1, 0.15) is 5.82 Å². The number of amidine groups is 1. The Labute approximate surface area is 126 Å². The maximum absolute atomic E-state index is 14.2. The quantitative estimate of drug-likeness (QED) is 0.822. The first kappa shape index (κ1) is 16.0. The second-order valence-electron chi connectivity index (χ2n) is 5.65. The minimum absolute atomic E-state index is 0.0280. The Kier molecular flexibility index (Phi) is 3.90. The Morgan fingerprint density at radius 3 is 2.48 bits per heavy atom. The molecule has 2 rings (SSSR count). The number of thioether (sulfide) groups is 1. The molecule has 0 spiro atoms. The standard InChI is InChI=1S/C14H18F3N3S/c1-7-13(2,9-6-8(18)4-5-10(9)15)20-12(19)21-14(7,3)11(16)17/h4-7,11H,18H2,1-3H3,(H2,19,20)/t7?,13-,14-/m0/s1. The number of nitrogens with zero attached hydrogens (tertiary/aromatic N) is 1. The molecule has 7 heteroatoms. The minimum Gasteiger partial charge on any atom is -0.399 e. The van der Waals surface area contributed by atoms with Crippen molar-refractivity contribution in [1.82, 2.24) is 0 Å². The normalized spacial score (nSPS) is 33.1. The third-order valence-corrected chi connectivity index (χ3v) is 5.61. The highest BCUT2D eigenvalue weighted by molar-refractivity contribution is 8.15. The SMILES string of the molecule is CC1[C@@](C)(C(F)F)SC(N)=N[C@]1(C)c1cc(N)ccc1F. The van der Waals surface area contributed by atoms with E-state index < -0.39 is 28.4 Å². The van der Waals surface area contributed by atoms with Crippen LogP contribution in [0.25, 0.3) is 0 Å². The van der Waals surface area contributed by atoms with Crippen LogP contribution in [-0.2, 0) is 5.54 Å². The van der Waals surface area contributed by atoms with Gasteiger partial charge in [-0.1, -0.05) is 18.7 Å². The van der Waals surface area contributed by atoms with Gasteiger partial charge in [0.05, 0.1) is 10.3 Å². The van der Waals surface area contributed by atoms with E-state index in [9.17, 15) is 13.2 Å². The molecule has 1 unspecified atom stereocenters. The van der Waals surface area contributed by atoms with E-state index in [2.05, 4.69) is 4.99 Å². The van der Waals surface area contributed by atoms with Crippen molar-refractivity contribution in [3.63, 3.8) is 0 Å². The van der Waals surface area contributed by atoms with Crippen molar-refractivity contribution in [3.8, 4) is 0 Å². The van der Waals surface area contributed by atoms with Crippen molar-refractivity contribution in [2.75, 3.05) is 5.73 Å². The molecule has 0 amide bonds.